The molecule has 0 saturated heterocycles. The molecule has 0 fully saturated rings. The normalized spacial score (nSPS) is 12.4. The number of esters is 3. The van der Waals surface area contributed by atoms with Crippen molar-refractivity contribution >= 4 is 17.9 Å². The summed E-state index contributed by atoms with van der Waals surface area (Å²) in [6.07, 6.45) is 82.4. The Bertz CT molecular complexity index is 1360. The highest BCUT2D eigenvalue weighted by Gasteiger charge is 2.19. The molecule has 0 radical (unpaired) electrons. The fourth-order valence-electron chi connectivity index (χ4n) is 9.68. The van der Waals surface area contributed by atoms with Gasteiger partial charge in [0.05, 0.1) is 0 Å². The lowest BCUT2D eigenvalue weighted by Crippen LogP contribution is -2.30. The van der Waals surface area contributed by atoms with E-state index >= 15 is 0 Å². The van der Waals surface area contributed by atoms with Crippen LogP contribution in [0, 0.1) is 0 Å². The molecule has 0 N–H and O–H groups in total. The molecule has 6 nitrogen and oxygen atoms in total. The average molecular weight is 1060 g/mol. The second-order valence-electron chi connectivity index (χ2n) is 22.4. The number of ether oxygens (including phenoxy) is 3. The van der Waals surface area contributed by atoms with Crippen molar-refractivity contribution in [3.8, 4) is 0 Å². The minimum atomic E-state index is -0.779. The molecule has 1 unspecified atom stereocenters. The highest BCUT2D eigenvalue weighted by atomic mass is 16.6. The number of rotatable bonds is 61. The Morgan fingerprint density at radius 3 is 0.789 bits per heavy atom. The van der Waals surface area contributed by atoms with Gasteiger partial charge in [-0.15, -0.1) is 0 Å². The fraction of sp³-hybridized carbons (Fsp3) is 0.814. The highest BCUT2D eigenvalue weighted by molar-refractivity contribution is 5.71. The third-order valence-electron chi connectivity index (χ3n) is 14.7. The van der Waals surface area contributed by atoms with Gasteiger partial charge in [-0.2, -0.15) is 0 Å². The van der Waals surface area contributed by atoms with Crippen molar-refractivity contribution in [1.82, 2.24) is 0 Å². The third-order valence-corrected chi connectivity index (χ3v) is 14.7. The Morgan fingerprint density at radius 1 is 0.263 bits per heavy atom. The van der Waals surface area contributed by atoms with Gasteiger partial charge in [0, 0.05) is 19.3 Å². The van der Waals surface area contributed by atoms with Crippen LogP contribution in [0.4, 0.5) is 0 Å². The molecule has 0 amide bonds. The van der Waals surface area contributed by atoms with Crippen LogP contribution in [0.25, 0.3) is 0 Å². The van der Waals surface area contributed by atoms with Crippen LogP contribution in [0.1, 0.15) is 348 Å². The van der Waals surface area contributed by atoms with Crippen molar-refractivity contribution in [2.75, 3.05) is 13.2 Å². The van der Waals surface area contributed by atoms with Gasteiger partial charge in [0.1, 0.15) is 13.2 Å². The molecule has 0 aliphatic carbocycles. The maximum Gasteiger partial charge on any atom is 0.306 e. The Balaban J connectivity index is 4.20. The Kier molecular flexibility index (Phi) is 62.2. The number of carbonyl (C=O) groups excluding carboxylic acids is 3. The van der Waals surface area contributed by atoms with Crippen LogP contribution in [0.5, 0.6) is 0 Å². The van der Waals surface area contributed by atoms with Crippen molar-refractivity contribution in [1.29, 1.82) is 0 Å². The van der Waals surface area contributed by atoms with E-state index in [-0.39, 0.29) is 31.1 Å². The quantitative estimate of drug-likeness (QED) is 0.0261. The smallest absolute Gasteiger partial charge is 0.306 e. The molecule has 0 saturated carbocycles. The fourth-order valence-corrected chi connectivity index (χ4v) is 9.68. The van der Waals surface area contributed by atoms with Gasteiger partial charge in [-0.1, -0.05) is 287 Å². The zero-order valence-electron chi connectivity index (χ0n) is 50.8. The van der Waals surface area contributed by atoms with E-state index in [1.54, 1.807) is 0 Å². The monoisotopic (exact) mass is 1060 g/mol. The van der Waals surface area contributed by atoms with Crippen LogP contribution in [0.3, 0.4) is 0 Å². The number of hydrogen-bond acceptors (Lipinski definition) is 6. The second-order valence-corrected chi connectivity index (χ2v) is 22.4. The molecule has 0 rings (SSSR count). The van der Waals surface area contributed by atoms with Gasteiger partial charge in [-0.3, -0.25) is 14.4 Å². The molecule has 0 aromatic carbocycles. The van der Waals surface area contributed by atoms with Crippen molar-refractivity contribution in [2.24, 2.45) is 0 Å². The molecular weight excluding hydrogens is 937 g/mol. The van der Waals surface area contributed by atoms with Crippen molar-refractivity contribution in [3.63, 3.8) is 0 Å². The molecule has 0 aromatic heterocycles. The lowest BCUT2D eigenvalue weighted by Gasteiger charge is -2.18. The average Bonchev–Trinajstić information content (AvgIpc) is 3.42. The summed E-state index contributed by atoms with van der Waals surface area (Å²) in [5.74, 6) is -0.873. The second kappa shape index (κ2) is 64.6. The molecule has 0 aliphatic rings. The van der Waals surface area contributed by atoms with Crippen LogP contribution in [0.2, 0.25) is 0 Å². The van der Waals surface area contributed by atoms with Crippen LogP contribution in [0.15, 0.2) is 60.8 Å². The van der Waals surface area contributed by atoms with E-state index in [2.05, 4.69) is 81.5 Å². The maximum absolute atomic E-state index is 12.9. The zero-order valence-corrected chi connectivity index (χ0v) is 50.8. The summed E-state index contributed by atoms with van der Waals surface area (Å²) in [4.78, 5) is 38.3. The summed E-state index contributed by atoms with van der Waals surface area (Å²) in [7, 11) is 0. The number of unbranched alkanes of at least 4 members (excludes halogenated alkanes) is 40. The minimum absolute atomic E-state index is 0.0758. The van der Waals surface area contributed by atoms with Gasteiger partial charge in [0.2, 0.25) is 0 Å². The molecule has 0 bridgehead atoms. The SMILES string of the molecule is CCC/C=C\CCCCCCCC(=O)OCC(COC(=O)CCCCCCCCCCCCCCC/C=C\C/C=C\CCCCCCC)OC(=O)CCCCCCCCCCCCC/C=C\C/C=C\CCCCCCC. The molecule has 6 heteroatoms. The van der Waals surface area contributed by atoms with Gasteiger partial charge in [0.15, 0.2) is 6.10 Å². The molecular formula is C70H126O6. The first-order valence-corrected chi connectivity index (χ1v) is 33.3. The van der Waals surface area contributed by atoms with Crippen molar-refractivity contribution < 1.29 is 28.6 Å². The van der Waals surface area contributed by atoms with Crippen LogP contribution >= 0.6 is 0 Å². The predicted molar refractivity (Wildman–Crippen MR) is 330 cm³/mol. The first-order chi connectivity index (χ1) is 37.5. The molecule has 0 aromatic rings. The molecule has 0 aliphatic heterocycles. The largest absolute Gasteiger partial charge is 0.462 e. The summed E-state index contributed by atoms with van der Waals surface area (Å²) in [6.45, 7) is 6.59. The highest BCUT2D eigenvalue weighted by Crippen LogP contribution is 2.17. The molecule has 76 heavy (non-hydrogen) atoms. The van der Waals surface area contributed by atoms with E-state index in [0.29, 0.717) is 19.3 Å². The summed E-state index contributed by atoms with van der Waals surface area (Å²) in [5, 5.41) is 0. The lowest BCUT2D eigenvalue weighted by molar-refractivity contribution is -0.167. The minimum Gasteiger partial charge on any atom is -0.462 e. The summed E-state index contributed by atoms with van der Waals surface area (Å²) in [5.41, 5.74) is 0. The van der Waals surface area contributed by atoms with Crippen LogP contribution in [-0.4, -0.2) is 37.2 Å². The van der Waals surface area contributed by atoms with Crippen LogP contribution in [-0.2, 0) is 28.6 Å². The molecule has 1 atom stereocenters. The van der Waals surface area contributed by atoms with E-state index < -0.39 is 6.10 Å². The van der Waals surface area contributed by atoms with Gasteiger partial charge in [-0.25, -0.2) is 0 Å². The number of hydrogen-bond donors (Lipinski definition) is 0. The Labute approximate surface area is 472 Å². The van der Waals surface area contributed by atoms with Crippen LogP contribution < -0.4 is 0 Å². The molecule has 442 valence electrons. The Morgan fingerprint density at radius 2 is 0.500 bits per heavy atom. The van der Waals surface area contributed by atoms with Gasteiger partial charge in [0.25, 0.3) is 0 Å². The lowest BCUT2D eigenvalue weighted by atomic mass is 10.0. The summed E-state index contributed by atoms with van der Waals surface area (Å²) in [6, 6.07) is 0. The van der Waals surface area contributed by atoms with E-state index in [4.69, 9.17) is 14.2 Å². The standard InChI is InChI=1S/C70H126O6/c1-4-7-10-13-16-19-22-24-26-28-30-32-34-35-37-38-40-42-44-46-48-51-54-57-60-63-69(72)75-66-67(65-74-68(71)62-59-56-53-50-21-18-15-12-9-6-3)76-70(73)64-61-58-55-52-49-47-45-43-41-39-36-33-31-29-27-25-23-20-17-14-11-8-5-2/h12,15,22-25,28-31,67H,4-11,13-14,16-21,26-27,32-66H2,1-3H3/b15-12-,24-22-,25-23-,30-28-,31-29-. The van der Waals surface area contributed by atoms with Gasteiger partial charge in [-0.05, 0) is 103 Å². The zero-order chi connectivity index (χ0) is 55.0. The van der Waals surface area contributed by atoms with E-state index in [9.17, 15) is 14.4 Å². The molecule has 0 spiro atoms. The first-order valence-electron chi connectivity index (χ1n) is 33.3. The topological polar surface area (TPSA) is 78.9 Å². The predicted octanol–water partition coefficient (Wildman–Crippen LogP) is 22.7. The maximum atomic E-state index is 12.9. The summed E-state index contributed by atoms with van der Waals surface area (Å²) >= 11 is 0. The number of carbonyl (C=O) groups is 3. The summed E-state index contributed by atoms with van der Waals surface area (Å²) < 4.78 is 16.9. The molecule has 0 heterocycles. The van der Waals surface area contributed by atoms with Crippen molar-refractivity contribution in [3.05, 3.63) is 60.8 Å². The first kappa shape index (κ1) is 73.1. The Hall–Kier alpha value is -2.89. The van der Waals surface area contributed by atoms with Gasteiger partial charge < -0.3 is 14.2 Å². The third kappa shape index (κ3) is 62.0. The van der Waals surface area contributed by atoms with E-state index in [1.165, 1.54) is 225 Å². The van der Waals surface area contributed by atoms with E-state index in [1.807, 2.05) is 0 Å². The van der Waals surface area contributed by atoms with Gasteiger partial charge >= 0.3 is 17.9 Å². The van der Waals surface area contributed by atoms with E-state index in [0.717, 1.165) is 83.5 Å². The van der Waals surface area contributed by atoms with Crippen molar-refractivity contribution in [2.45, 2.75) is 354 Å². The number of allylic oxidation sites excluding steroid dienone is 10.